The molecule has 8 heteroatoms. The van der Waals surface area contributed by atoms with Gasteiger partial charge in [-0.25, -0.2) is 4.39 Å². The standard InChI is InChI=1S/C25H23ClFN3O3/c26-20-3-1-2-19(16-20)25(31)29(22-10-6-21(27)7-11-22)23-12-14-28(15-13-23)17-18-4-8-24(9-5-18)30(32)33/h1-11,16,23H,12-15,17H2. The molecule has 0 aromatic heterocycles. The quantitative estimate of drug-likeness (QED) is 0.344. The molecular weight excluding hydrogens is 445 g/mol. The minimum Gasteiger partial charge on any atom is -0.305 e. The summed E-state index contributed by atoms with van der Waals surface area (Å²) in [5.41, 5.74) is 2.21. The molecule has 3 aromatic carbocycles. The van der Waals surface area contributed by atoms with E-state index in [4.69, 9.17) is 11.6 Å². The smallest absolute Gasteiger partial charge is 0.269 e. The van der Waals surface area contributed by atoms with Gasteiger partial charge in [-0.2, -0.15) is 0 Å². The summed E-state index contributed by atoms with van der Waals surface area (Å²) in [6.45, 7) is 2.22. The van der Waals surface area contributed by atoms with Crippen molar-refractivity contribution in [3.05, 3.63) is 105 Å². The summed E-state index contributed by atoms with van der Waals surface area (Å²) in [6.07, 6.45) is 1.49. The summed E-state index contributed by atoms with van der Waals surface area (Å²) in [7, 11) is 0. The molecule has 0 radical (unpaired) electrons. The van der Waals surface area contributed by atoms with Gasteiger partial charge in [0.15, 0.2) is 0 Å². The van der Waals surface area contributed by atoms with E-state index >= 15 is 0 Å². The van der Waals surface area contributed by atoms with E-state index < -0.39 is 4.92 Å². The first-order chi connectivity index (χ1) is 15.9. The van der Waals surface area contributed by atoms with Gasteiger partial charge in [0.25, 0.3) is 11.6 Å². The highest BCUT2D eigenvalue weighted by Gasteiger charge is 2.30. The zero-order valence-electron chi connectivity index (χ0n) is 17.9. The van der Waals surface area contributed by atoms with Crippen molar-refractivity contribution in [2.24, 2.45) is 0 Å². The number of hydrogen-bond donors (Lipinski definition) is 0. The van der Waals surface area contributed by atoms with E-state index in [1.807, 2.05) is 0 Å². The Balaban J connectivity index is 1.48. The van der Waals surface area contributed by atoms with Crippen molar-refractivity contribution in [2.75, 3.05) is 18.0 Å². The van der Waals surface area contributed by atoms with Crippen LogP contribution in [0, 0.1) is 15.9 Å². The van der Waals surface area contributed by atoms with Crippen molar-refractivity contribution in [3.8, 4) is 0 Å². The summed E-state index contributed by atoms with van der Waals surface area (Å²) in [5.74, 6) is -0.523. The minimum absolute atomic E-state index is 0.0462. The molecule has 170 valence electrons. The zero-order chi connectivity index (χ0) is 23.4. The monoisotopic (exact) mass is 467 g/mol. The Morgan fingerprint density at radius 2 is 1.73 bits per heavy atom. The molecule has 0 unspecified atom stereocenters. The Hall–Kier alpha value is -3.29. The van der Waals surface area contributed by atoms with Gasteiger partial charge < -0.3 is 4.90 Å². The van der Waals surface area contributed by atoms with Crippen LogP contribution in [-0.2, 0) is 6.54 Å². The molecular formula is C25H23ClFN3O3. The van der Waals surface area contributed by atoms with E-state index in [1.165, 1.54) is 24.3 Å². The largest absolute Gasteiger partial charge is 0.305 e. The summed E-state index contributed by atoms with van der Waals surface area (Å²) in [4.78, 5) is 27.9. The third kappa shape index (κ3) is 5.56. The van der Waals surface area contributed by atoms with E-state index in [1.54, 1.807) is 53.4 Å². The topological polar surface area (TPSA) is 66.7 Å². The van der Waals surface area contributed by atoms with Crippen molar-refractivity contribution in [1.29, 1.82) is 0 Å². The van der Waals surface area contributed by atoms with Crippen LogP contribution >= 0.6 is 11.6 Å². The number of nitro benzene ring substituents is 1. The number of anilines is 1. The molecule has 1 saturated heterocycles. The number of nitrogens with zero attached hydrogens (tertiary/aromatic N) is 3. The molecule has 1 aliphatic rings. The van der Waals surface area contributed by atoms with Gasteiger partial charge in [0, 0.05) is 54.1 Å². The normalized spacial score (nSPS) is 14.7. The van der Waals surface area contributed by atoms with Gasteiger partial charge >= 0.3 is 0 Å². The van der Waals surface area contributed by atoms with Crippen LogP contribution < -0.4 is 4.90 Å². The van der Waals surface area contributed by atoms with Crippen LogP contribution in [0.4, 0.5) is 15.8 Å². The lowest BCUT2D eigenvalue weighted by atomic mass is 10.00. The Morgan fingerprint density at radius 1 is 1.06 bits per heavy atom. The second-order valence-corrected chi connectivity index (χ2v) is 8.53. The molecule has 4 rings (SSSR count). The average molecular weight is 468 g/mol. The number of carbonyl (C=O) groups is 1. The van der Waals surface area contributed by atoms with Crippen molar-refractivity contribution < 1.29 is 14.1 Å². The highest BCUT2D eigenvalue weighted by molar-refractivity contribution is 6.31. The molecule has 1 fully saturated rings. The lowest BCUT2D eigenvalue weighted by Gasteiger charge is -2.38. The number of rotatable bonds is 6. The average Bonchev–Trinajstić information content (AvgIpc) is 2.82. The maximum Gasteiger partial charge on any atom is 0.269 e. The Labute approximate surface area is 196 Å². The number of nitro groups is 1. The number of halogens is 2. The minimum atomic E-state index is -0.407. The second-order valence-electron chi connectivity index (χ2n) is 8.09. The van der Waals surface area contributed by atoms with Crippen molar-refractivity contribution in [3.63, 3.8) is 0 Å². The molecule has 0 spiro atoms. The van der Waals surface area contributed by atoms with Gasteiger partial charge in [-0.3, -0.25) is 19.8 Å². The van der Waals surface area contributed by atoms with Gasteiger partial charge in [-0.05, 0) is 60.9 Å². The fourth-order valence-electron chi connectivity index (χ4n) is 4.17. The first-order valence-electron chi connectivity index (χ1n) is 10.7. The Kier molecular flexibility index (Phi) is 7.01. The first-order valence-corrected chi connectivity index (χ1v) is 11.1. The number of carbonyl (C=O) groups excluding carboxylic acids is 1. The number of likely N-dealkylation sites (tertiary alicyclic amines) is 1. The molecule has 0 saturated carbocycles. The molecule has 0 bridgehead atoms. The van der Waals surface area contributed by atoms with Crippen molar-refractivity contribution in [2.45, 2.75) is 25.4 Å². The molecule has 3 aromatic rings. The lowest BCUT2D eigenvalue weighted by Crippen LogP contribution is -2.47. The van der Waals surface area contributed by atoms with Crippen LogP contribution in [0.5, 0.6) is 0 Å². The van der Waals surface area contributed by atoms with Crippen LogP contribution in [0.3, 0.4) is 0 Å². The predicted octanol–water partition coefficient (Wildman–Crippen LogP) is 5.70. The van der Waals surface area contributed by atoms with Gasteiger partial charge in [0.2, 0.25) is 0 Å². The van der Waals surface area contributed by atoms with Gasteiger partial charge in [-0.15, -0.1) is 0 Å². The fraction of sp³-hybridized carbons (Fsp3) is 0.240. The maximum absolute atomic E-state index is 13.5. The molecule has 1 aliphatic heterocycles. The molecule has 0 aliphatic carbocycles. The van der Waals surface area contributed by atoms with E-state index in [2.05, 4.69) is 4.90 Å². The van der Waals surface area contributed by atoms with Crippen LogP contribution in [0.15, 0.2) is 72.8 Å². The van der Waals surface area contributed by atoms with Crippen LogP contribution in [-0.4, -0.2) is 34.9 Å². The van der Waals surface area contributed by atoms with E-state index in [-0.39, 0.29) is 23.5 Å². The van der Waals surface area contributed by atoms with Gasteiger partial charge in [-0.1, -0.05) is 29.8 Å². The molecule has 1 heterocycles. The number of amides is 1. The number of piperidine rings is 1. The third-order valence-electron chi connectivity index (χ3n) is 5.87. The lowest BCUT2D eigenvalue weighted by molar-refractivity contribution is -0.384. The zero-order valence-corrected chi connectivity index (χ0v) is 18.6. The highest BCUT2D eigenvalue weighted by atomic mass is 35.5. The summed E-state index contributed by atoms with van der Waals surface area (Å²) < 4.78 is 13.5. The molecule has 6 nitrogen and oxygen atoms in total. The molecule has 1 amide bonds. The number of hydrogen-bond acceptors (Lipinski definition) is 4. The predicted molar refractivity (Wildman–Crippen MR) is 126 cm³/mol. The third-order valence-corrected chi connectivity index (χ3v) is 6.11. The maximum atomic E-state index is 13.5. The van der Waals surface area contributed by atoms with E-state index in [0.29, 0.717) is 22.8 Å². The highest BCUT2D eigenvalue weighted by Crippen LogP contribution is 2.28. The molecule has 33 heavy (non-hydrogen) atoms. The van der Waals surface area contributed by atoms with Crippen LogP contribution in [0.25, 0.3) is 0 Å². The Bertz CT molecular complexity index is 1130. The van der Waals surface area contributed by atoms with E-state index in [0.717, 1.165) is 31.5 Å². The fourth-order valence-corrected chi connectivity index (χ4v) is 4.36. The number of benzene rings is 3. The van der Waals surface area contributed by atoms with Crippen LogP contribution in [0.1, 0.15) is 28.8 Å². The van der Waals surface area contributed by atoms with E-state index in [9.17, 15) is 19.3 Å². The SMILES string of the molecule is O=C(c1cccc(Cl)c1)N(c1ccc(F)cc1)C1CCN(Cc2ccc([N+](=O)[O-])cc2)CC1. The van der Waals surface area contributed by atoms with Crippen molar-refractivity contribution in [1.82, 2.24) is 4.90 Å². The first kappa shape index (κ1) is 22.9. The summed E-state index contributed by atoms with van der Waals surface area (Å²) in [5, 5.41) is 11.3. The second kappa shape index (κ2) is 10.1. The molecule has 0 N–H and O–H groups in total. The van der Waals surface area contributed by atoms with Gasteiger partial charge in [0.1, 0.15) is 5.82 Å². The summed E-state index contributed by atoms with van der Waals surface area (Å²) >= 11 is 6.11. The van der Waals surface area contributed by atoms with Crippen LogP contribution in [0.2, 0.25) is 5.02 Å². The Morgan fingerprint density at radius 3 is 2.33 bits per heavy atom. The molecule has 0 atom stereocenters. The summed E-state index contributed by atoms with van der Waals surface area (Å²) in [6, 6.07) is 19.3. The van der Waals surface area contributed by atoms with Crippen molar-refractivity contribution >= 4 is 28.9 Å². The number of non-ortho nitro benzene ring substituents is 1. The van der Waals surface area contributed by atoms with Gasteiger partial charge in [0.05, 0.1) is 4.92 Å².